The minimum Gasteiger partial charge on any atom is -0.398 e. The van der Waals surface area contributed by atoms with Gasteiger partial charge in [-0.2, -0.15) is 0 Å². The van der Waals surface area contributed by atoms with Gasteiger partial charge in [-0.3, -0.25) is 9.69 Å². The van der Waals surface area contributed by atoms with Gasteiger partial charge in [0.2, 0.25) is 5.91 Å². The van der Waals surface area contributed by atoms with E-state index >= 15 is 0 Å². The monoisotopic (exact) mass is 277 g/mol. The highest BCUT2D eigenvalue weighted by Gasteiger charge is 2.22. The molecular weight excluding hydrogens is 250 g/mol. The molecule has 0 fully saturated rings. The van der Waals surface area contributed by atoms with Crippen LogP contribution in [-0.2, 0) is 4.79 Å². The van der Waals surface area contributed by atoms with Gasteiger partial charge in [-0.05, 0) is 51.9 Å². The first-order valence-electron chi connectivity index (χ1n) is 7.26. The van der Waals surface area contributed by atoms with Gasteiger partial charge in [-0.25, -0.2) is 0 Å². The fourth-order valence-electron chi connectivity index (χ4n) is 2.21. The average molecular weight is 277 g/mol. The molecule has 1 rings (SSSR count). The fraction of sp³-hybridized carbons (Fsp3) is 0.562. The summed E-state index contributed by atoms with van der Waals surface area (Å²) in [5, 5.41) is 2.97. The quantitative estimate of drug-likeness (QED) is 0.786. The van der Waals surface area contributed by atoms with E-state index < -0.39 is 0 Å². The Kier molecular flexibility index (Phi) is 6.02. The van der Waals surface area contributed by atoms with E-state index in [1.54, 1.807) is 0 Å². The summed E-state index contributed by atoms with van der Waals surface area (Å²) in [7, 11) is 2.00. The van der Waals surface area contributed by atoms with Crippen LogP contribution in [0.3, 0.4) is 0 Å². The number of hydrogen-bond donors (Lipinski definition) is 2. The third-order valence-corrected chi connectivity index (χ3v) is 4.03. The molecule has 0 heterocycles. The molecule has 3 N–H and O–H groups in total. The number of anilines is 2. The number of rotatable bonds is 6. The SMILES string of the molecule is CCCC(C)N(C)C(C)C(=O)Nc1cccc(N)c1C. The second kappa shape index (κ2) is 7.29. The molecule has 4 nitrogen and oxygen atoms in total. The smallest absolute Gasteiger partial charge is 0.241 e. The van der Waals surface area contributed by atoms with Gasteiger partial charge in [0.15, 0.2) is 0 Å². The van der Waals surface area contributed by atoms with Gasteiger partial charge >= 0.3 is 0 Å². The van der Waals surface area contributed by atoms with E-state index in [1.165, 1.54) is 0 Å². The van der Waals surface area contributed by atoms with Gasteiger partial charge in [0.1, 0.15) is 0 Å². The zero-order valence-electron chi connectivity index (χ0n) is 13.2. The Labute approximate surface area is 122 Å². The van der Waals surface area contributed by atoms with Crippen molar-refractivity contribution in [2.45, 2.75) is 52.6 Å². The maximum absolute atomic E-state index is 12.3. The Morgan fingerprint density at radius 2 is 2.05 bits per heavy atom. The van der Waals surface area contributed by atoms with Crippen LogP contribution in [0.25, 0.3) is 0 Å². The Balaban J connectivity index is 2.73. The lowest BCUT2D eigenvalue weighted by Gasteiger charge is -2.30. The molecule has 0 aromatic heterocycles. The second-order valence-corrected chi connectivity index (χ2v) is 5.49. The van der Waals surface area contributed by atoms with Crippen LogP contribution in [0.5, 0.6) is 0 Å². The molecule has 0 aliphatic rings. The predicted octanol–water partition coefficient (Wildman–Crippen LogP) is 3.02. The van der Waals surface area contributed by atoms with Gasteiger partial charge in [-0.15, -0.1) is 0 Å². The summed E-state index contributed by atoms with van der Waals surface area (Å²) in [6, 6.07) is 5.79. The zero-order chi connectivity index (χ0) is 15.3. The number of nitrogen functional groups attached to an aromatic ring is 1. The number of carbonyl (C=O) groups excluding carboxylic acids is 1. The van der Waals surface area contributed by atoms with Crippen LogP contribution in [0.1, 0.15) is 39.2 Å². The number of benzene rings is 1. The molecular formula is C16H27N3O. The Morgan fingerprint density at radius 1 is 1.40 bits per heavy atom. The van der Waals surface area contributed by atoms with Crippen LogP contribution < -0.4 is 11.1 Å². The zero-order valence-corrected chi connectivity index (χ0v) is 13.2. The minimum absolute atomic E-state index is 0.00385. The summed E-state index contributed by atoms with van der Waals surface area (Å²) in [5.41, 5.74) is 8.26. The summed E-state index contributed by atoms with van der Waals surface area (Å²) in [6.07, 6.45) is 2.21. The highest BCUT2D eigenvalue weighted by Crippen LogP contribution is 2.21. The van der Waals surface area contributed by atoms with E-state index in [2.05, 4.69) is 24.1 Å². The van der Waals surface area contributed by atoms with Crippen molar-refractivity contribution in [3.63, 3.8) is 0 Å². The summed E-state index contributed by atoms with van der Waals surface area (Å²) in [4.78, 5) is 14.4. The topological polar surface area (TPSA) is 58.4 Å². The van der Waals surface area contributed by atoms with Crippen LogP contribution >= 0.6 is 0 Å². The van der Waals surface area contributed by atoms with Crippen molar-refractivity contribution < 1.29 is 4.79 Å². The van der Waals surface area contributed by atoms with Gasteiger partial charge in [0.25, 0.3) is 0 Å². The molecule has 1 aromatic carbocycles. The minimum atomic E-state index is -0.169. The largest absolute Gasteiger partial charge is 0.398 e. The molecule has 0 bridgehead atoms. The number of amides is 1. The maximum atomic E-state index is 12.3. The first-order chi connectivity index (χ1) is 9.38. The van der Waals surface area contributed by atoms with E-state index in [9.17, 15) is 4.79 Å². The molecule has 0 radical (unpaired) electrons. The lowest BCUT2D eigenvalue weighted by molar-refractivity contribution is -0.121. The molecule has 2 unspecified atom stereocenters. The summed E-state index contributed by atoms with van der Waals surface area (Å²) in [6.45, 7) is 8.16. The third-order valence-electron chi connectivity index (χ3n) is 4.03. The molecule has 0 spiro atoms. The van der Waals surface area contributed by atoms with Crippen molar-refractivity contribution in [3.05, 3.63) is 23.8 Å². The van der Waals surface area contributed by atoms with E-state index in [-0.39, 0.29) is 11.9 Å². The first-order valence-corrected chi connectivity index (χ1v) is 7.26. The highest BCUT2D eigenvalue weighted by atomic mass is 16.2. The van der Waals surface area contributed by atoms with E-state index in [1.807, 2.05) is 39.1 Å². The van der Waals surface area contributed by atoms with E-state index in [0.717, 1.165) is 24.1 Å². The normalized spacial score (nSPS) is 14.1. The Hall–Kier alpha value is -1.55. The molecule has 4 heteroatoms. The van der Waals surface area contributed by atoms with Crippen molar-refractivity contribution in [1.29, 1.82) is 0 Å². The number of nitrogens with one attached hydrogen (secondary N) is 1. The van der Waals surface area contributed by atoms with E-state index in [0.29, 0.717) is 11.7 Å². The molecule has 0 aliphatic heterocycles. The van der Waals surface area contributed by atoms with Crippen LogP contribution in [0, 0.1) is 6.92 Å². The number of hydrogen-bond acceptors (Lipinski definition) is 3. The van der Waals surface area contributed by atoms with Crippen LogP contribution in [0.2, 0.25) is 0 Å². The molecule has 0 saturated carbocycles. The van der Waals surface area contributed by atoms with Crippen molar-refractivity contribution >= 4 is 17.3 Å². The number of nitrogens with two attached hydrogens (primary N) is 1. The molecule has 0 saturated heterocycles. The lowest BCUT2D eigenvalue weighted by atomic mass is 10.1. The molecule has 1 amide bonds. The van der Waals surface area contributed by atoms with Crippen LogP contribution in [-0.4, -0.2) is 29.9 Å². The number of carbonyl (C=O) groups is 1. The van der Waals surface area contributed by atoms with Gasteiger partial charge in [0, 0.05) is 17.4 Å². The van der Waals surface area contributed by atoms with Crippen molar-refractivity contribution in [2.24, 2.45) is 0 Å². The van der Waals surface area contributed by atoms with Crippen molar-refractivity contribution in [1.82, 2.24) is 4.90 Å². The average Bonchev–Trinajstić information content (AvgIpc) is 2.42. The molecule has 2 atom stereocenters. The number of likely N-dealkylation sites (N-methyl/N-ethyl adjacent to an activating group) is 1. The van der Waals surface area contributed by atoms with Gasteiger partial charge < -0.3 is 11.1 Å². The van der Waals surface area contributed by atoms with Gasteiger partial charge in [-0.1, -0.05) is 19.4 Å². The van der Waals surface area contributed by atoms with Crippen LogP contribution in [0.15, 0.2) is 18.2 Å². The Bertz CT molecular complexity index is 459. The highest BCUT2D eigenvalue weighted by molar-refractivity contribution is 5.95. The fourth-order valence-corrected chi connectivity index (χ4v) is 2.21. The predicted molar refractivity (Wildman–Crippen MR) is 85.8 cm³/mol. The van der Waals surface area contributed by atoms with Crippen LogP contribution in [0.4, 0.5) is 11.4 Å². The lowest BCUT2D eigenvalue weighted by Crippen LogP contribution is -2.44. The molecule has 0 aliphatic carbocycles. The standard InChI is InChI=1S/C16H27N3O/c1-6-8-11(2)19(5)13(4)16(20)18-15-10-7-9-14(17)12(15)3/h7,9-11,13H,6,8,17H2,1-5H3,(H,18,20). The molecule has 20 heavy (non-hydrogen) atoms. The van der Waals surface area contributed by atoms with Gasteiger partial charge in [0.05, 0.1) is 6.04 Å². The summed E-state index contributed by atoms with van der Waals surface area (Å²) < 4.78 is 0. The summed E-state index contributed by atoms with van der Waals surface area (Å²) in [5.74, 6) is 0.00385. The van der Waals surface area contributed by atoms with Crippen molar-refractivity contribution in [2.75, 3.05) is 18.1 Å². The second-order valence-electron chi connectivity index (χ2n) is 5.49. The number of nitrogens with zero attached hydrogens (tertiary/aromatic N) is 1. The first kappa shape index (κ1) is 16.5. The molecule has 112 valence electrons. The maximum Gasteiger partial charge on any atom is 0.241 e. The summed E-state index contributed by atoms with van der Waals surface area (Å²) >= 11 is 0. The van der Waals surface area contributed by atoms with Crippen molar-refractivity contribution in [3.8, 4) is 0 Å². The third kappa shape index (κ3) is 3.97. The van der Waals surface area contributed by atoms with E-state index in [4.69, 9.17) is 5.73 Å². The Morgan fingerprint density at radius 3 is 2.65 bits per heavy atom. The molecule has 1 aromatic rings.